The van der Waals surface area contributed by atoms with E-state index < -0.39 is 12.5 Å². The van der Waals surface area contributed by atoms with Gasteiger partial charge in [-0.05, 0) is 37.0 Å². The zero-order valence-corrected chi connectivity index (χ0v) is 8.26. The zero-order chi connectivity index (χ0) is 10.1. The molecule has 78 valence electrons. The van der Waals surface area contributed by atoms with Gasteiger partial charge in [0.15, 0.2) is 0 Å². The molecule has 0 spiro atoms. The quantitative estimate of drug-likeness (QED) is 0.713. The van der Waals surface area contributed by atoms with E-state index in [-0.39, 0.29) is 11.3 Å². The predicted molar refractivity (Wildman–Crippen MR) is 47.7 cm³/mol. The molecule has 1 N–H and O–H groups in total. The Labute approximate surface area is 78.1 Å². The fourth-order valence-electron chi connectivity index (χ4n) is 1.97. The average molecular weight is 192 g/mol. The maximum Gasteiger partial charge on any atom is 0.264 e. The standard InChI is InChI=1S/C10H18F2O/c1-10(2)5-3-7(4-6-10)8(13)9(11)12/h7-9,13H,3-6H2,1-2H3. The van der Waals surface area contributed by atoms with Crippen molar-refractivity contribution in [2.75, 3.05) is 0 Å². The second kappa shape index (κ2) is 3.91. The van der Waals surface area contributed by atoms with Crippen LogP contribution < -0.4 is 0 Å². The van der Waals surface area contributed by atoms with Gasteiger partial charge in [0.2, 0.25) is 0 Å². The van der Waals surface area contributed by atoms with Crippen molar-refractivity contribution in [1.29, 1.82) is 0 Å². The summed E-state index contributed by atoms with van der Waals surface area (Å²) in [6.45, 7) is 4.30. The summed E-state index contributed by atoms with van der Waals surface area (Å²) in [7, 11) is 0. The van der Waals surface area contributed by atoms with Gasteiger partial charge in [0, 0.05) is 0 Å². The number of hydrogen-bond acceptors (Lipinski definition) is 1. The van der Waals surface area contributed by atoms with Gasteiger partial charge in [-0.1, -0.05) is 13.8 Å². The molecule has 1 nitrogen and oxygen atoms in total. The van der Waals surface area contributed by atoms with Gasteiger partial charge in [-0.2, -0.15) is 0 Å². The van der Waals surface area contributed by atoms with Gasteiger partial charge in [-0.15, -0.1) is 0 Å². The normalized spacial score (nSPS) is 26.3. The van der Waals surface area contributed by atoms with Gasteiger partial charge in [-0.25, -0.2) is 8.78 Å². The Kier molecular flexibility index (Phi) is 3.28. The molecule has 1 unspecified atom stereocenters. The summed E-state index contributed by atoms with van der Waals surface area (Å²) >= 11 is 0. The number of rotatable bonds is 2. The van der Waals surface area contributed by atoms with E-state index in [1.54, 1.807) is 0 Å². The first-order valence-corrected chi connectivity index (χ1v) is 4.88. The van der Waals surface area contributed by atoms with Crippen molar-refractivity contribution >= 4 is 0 Å². The molecule has 0 heterocycles. The summed E-state index contributed by atoms with van der Waals surface area (Å²) < 4.78 is 24.3. The predicted octanol–water partition coefficient (Wildman–Crippen LogP) is 2.83. The monoisotopic (exact) mass is 192 g/mol. The molecular weight excluding hydrogens is 174 g/mol. The summed E-state index contributed by atoms with van der Waals surface area (Å²) in [4.78, 5) is 0. The Hall–Kier alpha value is -0.180. The van der Waals surface area contributed by atoms with E-state index in [2.05, 4.69) is 13.8 Å². The topological polar surface area (TPSA) is 20.2 Å². The maximum absolute atomic E-state index is 12.2. The molecule has 0 radical (unpaired) electrons. The largest absolute Gasteiger partial charge is 0.387 e. The molecule has 1 saturated carbocycles. The zero-order valence-electron chi connectivity index (χ0n) is 8.26. The molecule has 1 rings (SSSR count). The van der Waals surface area contributed by atoms with E-state index >= 15 is 0 Å². The Balaban J connectivity index is 2.41. The minimum absolute atomic E-state index is 0.187. The first kappa shape index (κ1) is 10.9. The molecule has 1 aliphatic carbocycles. The second-order valence-electron chi connectivity index (χ2n) is 4.83. The van der Waals surface area contributed by atoms with Gasteiger partial charge in [0.05, 0.1) is 0 Å². The highest BCUT2D eigenvalue weighted by molar-refractivity contribution is 4.82. The molecule has 0 aromatic heterocycles. The van der Waals surface area contributed by atoms with Crippen molar-refractivity contribution < 1.29 is 13.9 Å². The molecule has 1 atom stereocenters. The number of hydrogen-bond donors (Lipinski definition) is 1. The highest BCUT2D eigenvalue weighted by Crippen LogP contribution is 2.39. The van der Waals surface area contributed by atoms with E-state index in [0.717, 1.165) is 25.7 Å². The Morgan fingerprint density at radius 3 is 2.08 bits per heavy atom. The number of halogens is 2. The first-order chi connectivity index (χ1) is 5.92. The van der Waals surface area contributed by atoms with Crippen LogP contribution in [0.1, 0.15) is 39.5 Å². The van der Waals surface area contributed by atoms with Gasteiger partial charge < -0.3 is 5.11 Å². The van der Waals surface area contributed by atoms with Crippen LogP contribution in [0.4, 0.5) is 8.78 Å². The van der Waals surface area contributed by atoms with E-state index in [9.17, 15) is 13.9 Å². The maximum atomic E-state index is 12.2. The Morgan fingerprint density at radius 2 is 1.69 bits per heavy atom. The van der Waals surface area contributed by atoms with E-state index in [0.29, 0.717) is 0 Å². The smallest absolute Gasteiger partial charge is 0.264 e. The summed E-state index contributed by atoms with van der Waals surface area (Å²) in [6.07, 6.45) is -0.623. The van der Waals surface area contributed by atoms with Crippen molar-refractivity contribution in [2.24, 2.45) is 11.3 Å². The van der Waals surface area contributed by atoms with E-state index in [1.807, 2.05) is 0 Å². The minimum Gasteiger partial charge on any atom is -0.387 e. The summed E-state index contributed by atoms with van der Waals surface area (Å²) in [5.41, 5.74) is 0.276. The average Bonchev–Trinajstić information content (AvgIpc) is 2.03. The van der Waals surface area contributed by atoms with Crippen LogP contribution in [0.3, 0.4) is 0 Å². The lowest BCUT2D eigenvalue weighted by Crippen LogP contribution is -2.33. The van der Waals surface area contributed by atoms with Crippen molar-refractivity contribution in [3.63, 3.8) is 0 Å². The van der Waals surface area contributed by atoms with Crippen LogP contribution in [0.2, 0.25) is 0 Å². The van der Waals surface area contributed by atoms with Gasteiger partial charge in [0.25, 0.3) is 6.43 Å². The fourth-order valence-corrected chi connectivity index (χ4v) is 1.97. The molecule has 13 heavy (non-hydrogen) atoms. The SMILES string of the molecule is CC1(C)CCC(C(O)C(F)F)CC1. The lowest BCUT2D eigenvalue weighted by molar-refractivity contribution is -0.0549. The highest BCUT2D eigenvalue weighted by Gasteiger charge is 2.34. The van der Waals surface area contributed by atoms with Crippen molar-refractivity contribution in [1.82, 2.24) is 0 Å². The number of alkyl halides is 2. The molecule has 0 amide bonds. The van der Waals surface area contributed by atoms with Crippen LogP contribution in [0.5, 0.6) is 0 Å². The third-order valence-electron chi connectivity index (χ3n) is 3.12. The van der Waals surface area contributed by atoms with Gasteiger partial charge in [0.1, 0.15) is 6.10 Å². The van der Waals surface area contributed by atoms with Crippen molar-refractivity contribution in [3.8, 4) is 0 Å². The van der Waals surface area contributed by atoms with Gasteiger partial charge in [-0.3, -0.25) is 0 Å². The molecule has 0 aliphatic heterocycles. The molecule has 0 aromatic carbocycles. The highest BCUT2D eigenvalue weighted by atomic mass is 19.3. The van der Waals surface area contributed by atoms with Crippen molar-refractivity contribution in [3.05, 3.63) is 0 Å². The van der Waals surface area contributed by atoms with Crippen LogP contribution in [0.25, 0.3) is 0 Å². The molecular formula is C10H18F2O. The molecule has 3 heteroatoms. The second-order valence-corrected chi connectivity index (χ2v) is 4.83. The van der Waals surface area contributed by atoms with Gasteiger partial charge >= 0.3 is 0 Å². The van der Waals surface area contributed by atoms with Crippen LogP contribution in [-0.2, 0) is 0 Å². The van der Waals surface area contributed by atoms with Crippen LogP contribution in [0.15, 0.2) is 0 Å². The lowest BCUT2D eigenvalue weighted by atomic mass is 9.72. The van der Waals surface area contributed by atoms with E-state index in [1.165, 1.54) is 0 Å². The lowest BCUT2D eigenvalue weighted by Gasteiger charge is -2.36. The Bertz CT molecular complexity index is 158. The van der Waals surface area contributed by atoms with Crippen LogP contribution in [-0.4, -0.2) is 17.6 Å². The number of aliphatic hydroxyl groups is 1. The molecule has 1 aliphatic rings. The Morgan fingerprint density at radius 1 is 1.23 bits per heavy atom. The molecule has 1 fully saturated rings. The first-order valence-electron chi connectivity index (χ1n) is 4.88. The third kappa shape index (κ3) is 2.90. The minimum atomic E-state index is -2.58. The summed E-state index contributed by atoms with van der Waals surface area (Å²) in [6, 6.07) is 0. The van der Waals surface area contributed by atoms with Crippen LogP contribution >= 0.6 is 0 Å². The summed E-state index contributed by atoms with van der Waals surface area (Å²) in [5.74, 6) is -0.187. The molecule has 0 saturated heterocycles. The van der Waals surface area contributed by atoms with Crippen LogP contribution in [0, 0.1) is 11.3 Å². The molecule has 0 aromatic rings. The number of aliphatic hydroxyl groups excluding tert-OH is 1. The molecule has 0 bridgehead atoms. The van der Waals surface area contributed by atoms with E-state index in [4.69, 9.17) is 0 Å². The third-order valence-corrected chi connectivity index (χ3v) is 3.12. The van der Waals surface area contributed by atoms with Crippen molar-refractivity contribution in [2.45, 2.75) is 52.1 Å². The fraction of sp³-hybridized carbons (Fsp3) is 1.00. The summed E-state index contributed by atoms with van der Waals surface area (Å²) in [5, 5.41) is 9.17.